The number of anilines is 1. The molecule has 2 aromatic heterocycles. The van der Waals surface area contributed by atoms with E-state index >= 15 is 0 Å². The van der Waals surface area contributed by atoms with E-state index in [0.29, 0.717) is 6.54 Å². The number of aromatic nitrogens is 4. The molecule has 2 heterocycles. The van der Waals surface area contributed by atoms with Crippen molar-refractivity contribution in [3.63, 3.8) is 0 Å². The third-order valence-electron chi connectivity index (χ3n) is 2.43. The molecule has 6 heteroatoms. The highest BCUT2D eigenvalue weighted by atomic mass is 16.5. The van der Waals surface area contributed by atoms with Gasteiger partial charge in [-0.2, -0.15) is 5.10 Å². The molecule has 0 saturated heterocycles. The van der Waals surface area contributed by atoms with Crippen LogP contribution >= 0.6 is 0 Å². The van der Waals surface area contributed by atoms with Gasteiger partial charge in [-0.1, -0.05) is 6.92 Å². The summed E-state index contributed by atoms with van der Waals surface area (Å²) in [6.45, 7) is 3.61. The van der Waals surface area contributed by atoms with Gasteiger partial charge in [0.2, 0.25) is 0 Å². The minimum Gasteiger partial charge on any atom is -0.493 e. The molecule has 0 aliphatic carbocycles. The maximum absolute atomic E-state index is 5.07. The summed E-state index contributed by atoms with van der Waals surface area (Å²) in [5.41, 5.74) is 0.864. The van der Waals surface area contributed by atoms with Gasteiger partial charge in [0.25, 0.3) is 0 Å². The van der Waals surface area contributed by atoms with Gasteiger partial charge in [-0.15, -0.1) is 0 Å². The molecule has 0 amide bonds. The van der Waals surface area contributed by atoms with E-state index < -0.39 is 0 Å². The van der Waals surface area contributed by atoms with Crippen LogP contribution in [0.2, 0.25) is 0 Å². The van der Waals surface area contributed by atoms with Gasteiger partial charge < -0.3 is 10.1 Å². The molecule has 2 aromatic rings. The molecule has 0 spiro atoms. The maximum Gasteiger partial charge on any atom is 0.156 e. The standard InChI is InChI=1S/C12H17N5O/c1-3-4-13-12-7-14-10(5-15-12)8-17-9-11(18-2)6-16-17/h5-7,9H,3-4,8H2,1-2H3,(H,13,15). The number of hydrogen-bond donors (Lipinski definition) is 1. The topological polar surface area (TPSA) is 64.9 Å². The van der Waals surface area contributed by atoms with Crippen molar-refractivity contribution in [3.8, 4) is 5.75 Å². The Balaban J connectivity index is 1.97. The predicted octanol–water partition coefficient (Wildman–Crippen LogP) is 1.55. The minimum absolute atomic E-state index is 0.588. The fraction of sp³-hybridized carbons (Fsp3) is 0.417. The molecule has 2 rings (SSSR count). The lowest BCUT2D eigenvalue weighted by atomic mass is 10.4. The minimum atomic E-state index is 0.588. The highest BCUT2D eigenvalue weighted by molar-refractivity contribution is 5.30. The van der Waals surface area contributed by atoms with E-state index in [-0.39, 0.29) is 0 Å². The first-order valence-corrected chi connectivity index (χ1v) is 5.93. The zero-order chi connectivity index (χ0) is 12.8. The quantitative estimate of drug-likeness (QED) is 0.839. The van der Waals surface area contributed by atoms with E-state index in [2.05, 4.69) is 27.3 Å². The molecule has 96 valence electrons. The van der Waals surface area contributed by atoms with Crippen LogP contribution < -0.4 is 10.1 Å². The summed E-state index contributed by atoms with van der Waals surface area (Å²) >= 11 is 0. The first-order chi connectivity index (χ1) is 8.81. The summed E-state index contributed by atoms with van der Waals surface area (Å²) in [6, 6.07) is 0. The average Bonchev–Trinajstić information content (AvgIpc) is 2.86. The van der Waals surface area contributed by atoms with Gasteiger partial charge in [-0.3, -0.25) is 9.67 Å². The van der Waals surface area contributed by atoms with Crippen molar-refractivity contribution in [3.05, 3.63) is 30.5 Å². The lowest BCUT2D eigenvalue weighted by Crippen LogP contribution is -2.06. The summed E-state index contributed by atoms with van der Waals surface area (Å²) in [5, 5.41) is 7.35. The number of nitrogens with one attached hydrogen (secondary N) is 1. The van der Waals surface area contributed by atoms with Crippen molar-refractivity contribution < 1.29 is 4.74 Å². The lowest BCUT2D eigenvalue weighted by Gasteiger charge is -2.04. The number of ether oxygens (including phenoxy) is 1. The molecule has 0 saturated carbocycles. The van der Waals surface area contributed by atoms with Crippen LogP contribution in [0.4, 0.5) is 5.82 Å². The summed E-state index contributed by atoms with van der Waals surface area (Å²) in [6.07, 6.45) is 8.06. The van der Waals surface area contributed by atoms with E-state index in [1.807, 2.05) is 6.20 Å². The highest BCUT2D eigenvalue weighted by Gasteiger charge is 2.01. The summed E-state index contributed by atoms with van der Waals surface area (Å²) in [5.74, 6) is 1.54. The molecule has 0 fully saturated rings. The molecule has 18 heavy (non-hydrogen) atoms. The molecule has 6 nitrogen and oxygen atoms in total. The highest BCUT2D eigenvalue weighted by Crippen LogP contribution is 2.08. The number of nitrogens with zero attached hydrogens (tertiary/aromatic N) is 4. The molecule has 0 unspecified atom stereocenters. The fourth-order valence-corrected chi connectivity index (χ4v) is 1.48. The summed E-state index contributed by atoms with van der Waals surface area (Å²) in [4.78, 5) is 8.63. The monoisotopic (exact) mass is 247 g/mol. The largest absolute Gasteiger partial charge is 0.493 e. The Bertz CT molecular complexity index is 479. The second-order valence-electron chi connectivity index (χ2n) is 3.90. The Morgan fingerprint density at radius 1 is 1.28 bits per heavy atom. The van der Waals surface area contributed by atoms with Crippen molar-refractivity contribution in [1.29, 1.82) is 0 Å². The van der Waals surface area contributed by atoms with Gasteiger partial charge >= 0.3 is 0 Å². The molecule has 0 bridgehead atoms. The van der Waals surface area contributed by atoms with Crippen LogP contribution in [0.25, 0.3) is 0 Å². The van der Waals surface area contributed by atoms with Crippen LogP contribution in [-0.4, -0.2) is 33.4 Å². The van der Waals surface area contributed by atoms with Crippen LogP contribution in [0.5, 0.6) is 5.75 Å². The van der Waals surface area contributed by atoms with Gasteiger partial charge in [-0.05, 0) is 6.42 Å². The van der Waals surface area contributed by atoms with Crippen LogP contribution in [0.15, 0.2) is 24.8 Å². The van der Waals surface area contributed by atoms with Crippen molar-refractivity contribution >= 4 is 5.82 Å². The zero-order valence-corrected chi connectivity index (χ0v) is 10.6. The van der Waals surface area contributed by atoms with Crippen molar-refractivity contribution in [1.82, 2.24) is 19.7 Å². The average molecular weight is 247 g/mol. The Morgan fingerprint density at radius 2 is 2.17 bits per heavy atom. The lowest BCUT2D eigenvalue weighted by molar-refractivity contribution is 0.414. The van der Waals surface area contributed by atoms with Crippen molar-refractivity contribution in [2.75, 3.05) is 19.0 Å². The van der Waals surface area contributed by atoms with Gasteiger partial charge in [0.1, 0.15) is 5.82 Å². The van der Waals surface area contributed by atoms with Crippen molar-refractivity contribution in [2.24, 2.45) is 0 Å². The number of rotatable bonds is 6. The number of methoxy groups -OCH3 is 1. The molecule has 0 radical (unpaired) electrons. The fourth-order valence-electron chi connectivity index (χ4n) is 1.48. The second kappa shape index (κ2) is 6.00. The van der Waals surface area contributed by atoms with E-state index in [1.54, 1.807) is 30.4 Å². The zero-order valence-electron chi connectivity index (χ0n) is 10.6. The van der Waals surface area contributed by atoms with Crippen LogP contribution in [0.3, 0.4) is 0 Å². The molecular weight excluding hydrogens is 230 g/mol. The Labute approximate surface area is 106 Å². The van der Waals surface area contributed by atoms with E-state index in [0.717, 1.165) is 30.2 Å². The first-order valence-electron chi connectivity index (χ1n) is 5.93. The second-order valence-corrected chi connectivity index (χ2v) is 3.90. The Kier molecular flexibility index (Phi) is 4.11. The number of hydrogen-bond acceptors (Lipinski definition) is 5. The van der Waals surface area contributed by atoms with Gasteiger partial charge in [-0.25, -0.2) is 4.98 Å². The van der Waals surface area contributed by atoms with Crippen LogP contribution in [0, 0.1) is 0 Å². The summed E-state index contributed by atoms with van der Waals surface area (Å²) < 4.78 is 6.83. The van der Waals surface area contributed by atoms with E-state index in [4.69, 9.17) is 4.74 Å². The predicted molar refractivity (Wildman–Crippen MR) is 68.7 cm³/mol. The molecule has 0 aliphatic rings. The molecular formula is C12H17N5O. The van der Waals surface area contributed by atoms with E-state index in [9.17, 15) is 0 Å². The normalized spacial score (nSPS) is 10.3. The van der Waals surface area contributed by atoms with Crippen molar-refractivity contribution in [2.45, 2.75) is 19.9 Å². The molecule has 0 atom stereocenters. The SMILES string of the molecule is CCCNc1cnc(Cn2cc(OC)cn2)cn1. The molecule has 0 aromatic carbocycles. The molecule has 1 N–H and O–H groups in total. The third-order valence-corrected chi connectivity index (χ3v) is 2.43. The Hall–Kier alpha value is -2.11. The van der Waals surface area contributed by atoms with Gasteiger partial charge in [0.15, 0.2) is 5.75 Å². The third kappa shape index (κ3) is 3.19. The Morgan fingerprint density at radius 3 is 2.78 bits per heavy atom. The van der Waals surface area contributed by atoms with Crippen LogP contribution in [0.1, 0.15) is 19.0 Å². The van der Waals surface area contributed by atoms with Gasteiger partial charge in [0, 0.05) is 6.54 Å². The van der Waals surface area contributed by atoms with Crippen LogP contribution in [-0.2, 0) is 6.54 Å². The first kappa shape index (κ1) is 12.3. The van der Waals surface area contributed by atoms with E-state index in [1.165, 1.54) is 0 Å². The molecule has 0 aliphatic heterocycles. The smallest absolute Gasteiger partial charge is 0.156 e. The summed E-state index contributed by atoms with van der Waals surface area (Å²) in [7, 11) is 1.62. The maximum atomic E-state index is 5.07. The van der Waals surface area contributed by atoms with Gasteiger partial charge in [0.05, 0.1) is 44.1 Å².